The number of aromatic hydroxyl groups is 1. The minimum Gasteiger partial charge on any atom is -0.508 e. The van der Waals surface area contributed by atoms with Crippen LogP contribution in [0.4, 0.5) is 0 Å². The molecule has 0 bridgehead atoms. The fourth-order valence-electron chi connectivity index (χ4n) is 3.36. The standard InChI is InChI=1S/C20H13NO2S2/c22-15-9-10-17-19(12-5-1-3-7-16(12)23-17)13(15)11-21-14-6-2-4-8-18(14)25-20(21)24/h1-10,22H,11H2. The van der Waals surface area contributed by atoms with Crippen LogP contribution in [-0.4, -0.2) is 9.67 Å². The SMILES string of the molecule is Oc1ccc2oc3ccccc3c2c1Cn1c(=S)sc2ccccc21. The molecule has 3 nitrogen and oxygen atoms in total. The second kappa shape index (κ2) is 5.44. The number of furan rings is 1. The molecule has 2 heterocycles. The van der Waals surface area contributed by atoms with Crippen molar-refractivity contribution in [2.24, 2.45) is 0 Å². The van der Waals surface area contributed by atoms with Crippen molar-refractivity contribution in [3.8, 4) is 5.75 Å². The van der Waals surface area contributed by atoms with Gasteiger partial charge in [-0.05, 0) is 42.5 Å². The van der Waals surface area contributed by atoms with E-state index < -0.39 is 0 Å². The molecule has 5 rings (SSSR count). The van der Waals surface area contributed by atoms with Crippen LogP contribution in [0.1, 0.15) is 5.56 Å². The summed E-state index contributed by atoms with van der Waals surface area (Å²) in [7, 11) is 0. The molecule has 0 aliphatic carbocycles. The molecule has 0 unspecified atom stereocenters. The summed E-state index contributed by atoms with van der Waals surface area (Å²) in [5.41, 5.74) is 3.52. The van der Waals surface area contributed by atoms with E-state index in [-0.39, 0.29) is 5.75 Å². The smallest absolute Gasteiger partial charge is 0.162 e. The molecule has 0 saturated heterocycles. The first-order valence-electron chi connectivity index (χ1n) is 7.93. The summed E-state index contributed by atoms with van der Waals surface area (Å²) in [6.07, 6.45) is 0. The van der Waals surface area contributed by atoms with Gasteiger partial charge in [-0.2, -0.15) is 0 Å². The zero-order chi connectivity index (χ0) is 17.0. The summed E-state index contributed by atoms with van der Waals surface area (Å²) < 4.78 is 9.96. The summed E-state index contributed by atoms with van der Waals surface area (Å²) in [4.78, 5) is 0. The van der Waals surface area contributed by atoms with E-state index in [9.17, 15) is 5.11 Å². The van der Waals surface area contributed by atoms with E-state index in [1.807, 2.05) is 42.5 Å². The summed E-state index contributed by atoms with van der Waals surface area (Å²) in [6, 6.07) is 19.6. The molecular weight excluding hydrogens is 350 g/mol. The normalized spacial score (nSPS) is 11.7. The highest BCUT2D eigenvalue weighted by Crippen LogP contribution is 2.37. The zero-order valence-electron chi connectivity index (χ0n) is 13.1. The lowest BCUT2D eigenvalue weighted by atomic mass is 10.0. The Morgan fingerprint density at radius 1 is 0.960 bits per heavy atom. The maximum atomic E-state index is 10.6. The van der Waals surface area contributed by atoms with E-state index in [4.69, 9.17) is 16.6 Å². The predicted octanol–water partition coefficient (Wildman–Crippen LogP) is 6.09. The average molecular weight is 363 g/mol. The van der Waals surface area contributed by atoms with Crippen molar-refractivity contribution in [3.63, 3.8) is 0 Å². The van der Waals surface area contributed by atoms with Crippen LogP contribution >= 0.6 is 23.6 Å². The van der Waals surface area contributed by atoms with Crippen molar-refractivity contribution >= 4 is 55.7 Å². The Labute approximate surface area is 152 Å². The third kappa shape index (κ3) is 2.20. The fourth-order valence-corrected chi connectivity index (χ4v) is 4.68. The van der Waals surface area contributed by atoms with Crippen molar-refractivity contribution in [1.82, 2.24) is 4.57 Å². The Kier molecular flexibility index (Phi) is 3.20. The van der Waals surface area contributed by atoms with Crippen LogP contribution in [0.2, 0.25) is 0 Å². The van der Waals surface area contributed by atoms with Crippen LogP contribution in [0.25, 0.3) is 32.2 Å². The second-order valence-corrected chi connectivity index (χ2v) is 7.63. The number of benzene rings is 3. The van der Waals surface area contributed by atoms with Gasteiger partial charge in [0, 0.05) is 16.3 Å². The molecule has 0 radical (unpaired) electrons. The van der Waals surface area contributed by atoms with Crippen molar-refractivity contribution in [2.75, 3.05) is 0 Å². The molecule has 25 heavy (non-hydrogen) atoms. The molecule has 122 valence electrons. The monoisotopic (exact) mass is 363 g/mol. The number of aromatic nitrogens is 1. The lowest BCUT2D eigenvalue weighted by Crippen LogP contribution is -2.00. The van der Waals surface area contributed by atoms with Gasteiger partial charge in [0.05, 0.1) is 16.8 Å². The summed E-state index contributed by atoms with van der Waals surface area (Å²) in [6.45, 7) is 0.509. The van der Waals surface area contributed by atoms with Gasteiger partial charge in [-0.3, -0.25) is 0 Å². The largest absolute Gasteiger partial charge is 0.508 e. The van der Waals surface area contributed by atoms with E-state index in [1.54, 1.807) is 17.4 Å². The fraction of sp³-hybridized carbons (Fsp3) is 0.0500. The molecule has 1 N–H and O–H groups in total. The topological polar surface area (TPSA) is 38.3 Å². The van der Waals surface area contributed by atoms with Gasteiger partial charge in [-0.15, -0.1) is 11.3 Å². The average Bonchev–Trinajstić information content (AvgIpc) is 3.15. The lowest BCUT2D eigenvalue weighted by Gasteiger charge is -2.09. The number of thiazole rings is 1. The molecular formula is C20H13NO2S2. The van der Waals surface area contributed by atoms with E-state index in [0.717, 1.165) is 41.7 Å². The minimum atomic E-state index is 0.260. The number of hydrogen-bond donors (Lipinski definition) is 1. The Hall–Kier alpha value is -2.63. The van der Waals surface area contributed by atoms with Gasteiger partial charge in [-0.1, -0.05) is 30.3 Å². The van der Waals surface area contributed by atoms with Crippen LogP contribution < -0.4 is 0 Å². The van der Waals surface area contributed by atoms with Crippen LogP contribution in [0.15, 0.2) is 65.1 Å². The predicted molar refractivity (Wildman–Crippen MR) is 105 cm³/mol. The third-order valence-corrected chi connectivity index (χ3v) is 5.95. The van der Waals surface area contributed by atoms with Crippen molar-refractivity contribution < 1.29 is 9.52 Å². The van der Waals surface area contributed by atoms with Gasteiger partial charge in [0.2, 0.25) is 0 Å². The maximum Gasteiger partial charge on any atom is 0.162 e. The molecule has 0 atom stereocenters. The summed E-state index contributed by atoms with van der Waals surface area (Å²) in [5.74, 6) is 0.260. The molecule has 0 aliphatic rings. The van der Waals surface area contributed by atoms with E-state index in [1.165, 1.54) is 0 Å². The Morgan fingerprint density at radius 2 is 1.76 bits per heavy atom. The van der Waals surface area contributed by atoms with Crippen LogP contribution in [0.5, 0.6) is 5.75 Å². The first kappa shape index (κ1) is 14.7. The van der Waals surface area contributed by atoms with Crippen LogP contribution in [0.3, 0.4) is 0 Å². The Morgan fingerprint density at radius 3 is 2.68 bits per heavy atom. The highest BCUT2D eigenvalue weighted by Gasteiger charge is 2.16. The van der Waals surface area contributed by atoms with E-state index >= 15 is 0 Å². The molecule has 0 aliphatic heterocycles. The van der Waals surface area contributed by atoms with Gasteiger partial charge in [0.1, 0.15) is 16.9 Å². The lowest BCUT2D eigenvalue weighted by molar-refractivity contribution is 0.467. The van der Waals surface area contributed by atoms with Gasteiger partial charge >= 0.3 is 0 Å². The summed E-state index contributed by atoms with van der Waals surface area (Å²) in [5, 5.41) is 12.5. The first-order valence-corrected chi connectivity index (χ1v) is 9.15. The van der Waals surface area contributed by atoms with Gasteiger partial charge in [0.25, 0.3) is 0 Å². The number of nitrogens with zero attached hydrogens (tertiary/aromatic N) is 1. The number of phenolic OH excluding ortho intramolecular Hbond substituents is 1. The Balaban J connectivity index is 1.81. The second-order valence-electron chi connectivity index (χ2n) is 5.96. The number of rotatable bonds is 2. The van der Waals surface area contributed by atoms with Crippen LogP contribution in [-0.2, 0) is 6.54 Å². The number of hydrogen-bond acceptors (Lipinski definition) is 4. The third-order valence-electron chi connectivity index (χ3n) is 4.52. The van der Waals surface area contributed by atoms with Crippen molar-refractivity contribution in [1.29, 1.82) is 0 Å². The van der Waals surface area contributed by atoms with E-state index in [0.29, 0.717) is 6.54 Å². The van der Waals surface area contributed by atoms with Crippen LogP contribution in [0, 0.1) is 3.95 Å². The minimum absolute atomic E-state index is 0.260. The summed E-state index contributed by atoms with van der Waals surface area (Å²) >= 11 is 7.16. The van der Waals surface area contributed by atoms with Gasteiger partial charge in [-0.25, -0.2) is 0 Å². The molecule has 0 spiro atoms. The molecule has 2 aromatic heterocycles. The molecule has 5 heteroatoms. The highest BCUT2D eigenvalue weighted by atomic mass is 32.1. The molecule has 0 fully saturated rings. The van der Waals surface area contributed by atoms with E-state index in [2.05, 4.69) is 16.7 Å². The quantitative estimate of drug-likeness (QED) is 0.386. The van der Waals surface area contributed by atoms with Gasteiger partial charge < -0.3 is 14.1 Å². The number of para-hydroxylation sites is 2. The first-order chi connectivity index (χ1) is 12.2. The van der Waals surface area contributed by atoms with Crippen molar-refractivity contribution in [2.45, 2.75) is 6.54 Å². The van der Waals surface area contributed by atoms with Gasteiger partial charge in [0.15, 0.2) is 3.95 Å². The van der Waals surface area contributed by atoms with Crippen molar-refractivity contribution in [3.05, 3.63) is 70.2 Å². The molecule has 5 aromatic rings. The molecule has 3 aromatic carbocycles. The zero-order valence-corrected chi connectivity index (χ0v) is 14.7. The number of phenols is 1. The molecule has 0 saturated carbocycles. The number of fused-ring (bicyclic) bond motifs is 4. The molecule has 0 amide bonds. The maximum absolute atomic E-state index is 10.6. The highest BCUT2D eigenvalue weighted by molar-refractivity contribution is 7.73. The Bertz CT molecular complexity index is 1310.